The third-order valence-electron chi connectivity index (χ3n) is 4.73. The molecule has 0 radical (unpaired) electrons. The summed E-state index contributed by atoms with van der Waals surface area (Å²) < 4.78 is 0. The van der Waals surface area contributed by atoms with Gasteiger partial charge in [0.25, 0.3) is 5.91 Å². The largest absolute Gasteiger partial charge is 0.346 e. The summed E-state index contributed by atoms with van der Waals surface area (Å²) >= 11 is 0. The standard InChI is InChI=1S/C21H23N3O3/c1-3-15-4-8-17(9-5-15)14(2)23-20(26)18-10-6-16(7-11-18)13-24-19(25)12-22-21(24)27/h4-11,14H,3,12-13H2,1-2H3,(H,22,27)(H,23,26)/t14-/m1/s1. The van der Waals surface area contributed by atoms with Crippen molar-refractivity contribution in [2.24, 2.45) is 0 Å². The van der Waals surface area contributed by atoms with E-state index < -0.39 is 0 Å². The molecule has 4 amide bonds. The van der Waals surface area contributed by atoms with Crippen LogP contribution in [0.15, 0.2) is 48.5 Å². The Morgan fingerprint density at radius 1 is 1.07 bits per heavy atom. The van der Waals surface area contributed by atoms with Gasteiger partial charge in [-0.05, 0) is 42.2 Å². The first kappa shape index (κ1) is 18.6. The van der Waals surface area contributed by atoms with E-state index in [-0.39, 0.29) is 37.0 Å². The first-order valence-electron chi connectivity index (χ1n) is 9.04. The van der Waals surface area contributed by atoms with Gasteiger partial charge >= 0.3 is 6.03 Å². The van der Waals surface area contributed by atoms with Gasteiger partial charge in [0.05, 0.1) is 19.1 Å². The lowest BCUT2D eigenvalue weighted by atomic mass is 10.0. The highest BCUT2D eigenvalue weighted by Crippen LogP contribution is 2.15. The molecule has 2 N–H and O–H groups in total. The van der Waals surface area contributed by atoms with Crippen LogP contribution in [0.25, 0.3) is 0 Å². The minimum absolute atomic E-state index is 0.0381. The molecule has 6 nitrogen and oxygen atoms in total. The van der Waals surface area contributed by atoms with Gasteiger partial charge in [0, 0.05) is 5.56 Å². The van der Waals surface area contributed by atoms with Gasteiger partial charge in [-0.15, -0.1) is 0 Å². The third-order valence-corrected chi connectivity index (χ3v) is 4.73. The molecule has 2 aromatic rings. The van der Waals surface area contributed by atoms with Crippen LogP contribution in [0.3, 0.4) is 0 Å². The SMILES string of the molecule is CCc1ccc([C@@H](C)NC(=O)c2ccc(CN3C(=O)CNC3=O)cc2)cc1. The molecule has 0 bridgehead atoms. The maximum absolute atomic E-state index is 12.5. The third kappa shape index (κ3) is 4.34. The van der Waals surface area contributed by atoms with Gasteiger partial charge in [-0.25, -0.2) is 4.79 Å². The number of benzene rings is 2. The predicted molar refractivity (Wildman–Crippen MR) is 102 cm³/mol. The highest BCUT2D eigenvalue weighted by Gasteiger charge is 2.28. The molecule has 1 aliphatic heterocycles. The van der Waals surface area contributed by atoms with E-state index in [0.29, 0.717) is 5.56 Å². The Balaban J connectivity index is 1.61. The number of rotatable bonds is 6. The molecule has 1 atom stereocenters. The van der Waals surface area contributed by atoms with Crippen molar-refractivity contribution in [3.63, 3.8) is 0 Å². The molecule has 1 heterocycles. The van der Waals surface area contributed by atoms with Crippen LogP contribution in [-0.4, -0.2) is 29.3 Å². The molecule has 0 aromatic heterocycles. The number of nitrogens with one attached hydrogen (secondary N) is 2. The summed E-state index contributed by atoms with van der Waals surface area (Å²) in [5, 5.41) is 5.48. The number of urea groups is 1. The quantitative estimate of drug-likeness (QED) is 0.773. The molecule has 140 valence electrons. The predicted octanol–water partition coefficient (Wildman–Crippen LogP) is 2.79. The van der Waals surface area contributed by atoms with E-state index >= 15 is 0 Å². The second-order valence-electron chi connectivity index (χ2n) is 6.63. The fourth-order valence-electron chi connectivity index (χ4n) is 2.96. The average Bonchev–Trinajstić information content (AvgIpc) is 3.00. The van der Waals surface area contributed by atoms with Crippen molar-refractivity contribution in [2.75, 3.05) is 6.54 Å². The monoisotopic (exact) mass is 365 g/mol. The van der Waals surface area contributed by atoms with Crippen molar-refractivity contribution in [3.8, 4) is 0 Å². The molecule has 6 heteroatoms. The minimum Gasteiger partial charge on any atom is -0.346 e. The number of nitrogens with zero attached hydrogens (tertiary/aromatic N) is 1. The van der Waals surface area contributed by atoms with Crippen LogP contribution in [0, 0.1) is 0 Å². The van der Waals surface area contributed by atoms with Crippen molar-refractivity contribution >= 4 is 17.8 Å². The zero-order valence-electron chi connectivity index (χ0n) is 15.5. The molecule has 1 fully saturated rings. The van der Waals surface area contributed by atoms with E-state index in [4.69, 9.17) is 0 Å². The smallest absolute Gasteiger partial charge is 0.324 e. The van der Waals surface area contributed by atoms with E-state index in [1.165, 1.54) is 5.56 Å². The van der Waals surface area contributed by atoms with Crippen molar-refractivity contribution in [1.29, 1.82) is 0 Å². The van der Waals surface area contributed by atoms with E-state index in [1.807, 2.05) is 19.1 Å². The zero-order chi connectivity index (χ0) is 19.4. The molecular weight excluding hydrogens is 342 g/mol. The lowest BCUT2D eigenvalue weighted by Gasteiger charge is -2.16. The molecule has 1 aliphatic rings. The number of imide groups is 1. The first-order chi connectivity index (χ1) is 13.0. The van der Waals surface area contributed by atoms with Crippen LogP contribution in [0.1, 0.15) is 46.9 Å². The van der Waals surface area contributed by atoms with E-state index in [1.54, 1.807) is 24.3 Å². The molecule has 3 rings (SSSR count). The second kappa shape index (κ2) is 8.03. The Kier molecular flexibility index (Phi) is 5.54. The Bertz CT molecular complexity index is 828. The summed E-state index contributed by atoms with van der Waals surface area (Å²) in [7, 11) is 0. The summed E-state index contributed by atoms with van der Waals surface area (Å²) in [5.41, 5.74) is 3.64. The van der Waals surface area contributed by atoms with Crippen LogP contribution in [0.2, 0.25) is 0 Å². The number of carbonyl (C=O) groups excluding carboxylic acids is 3. The summed E-state index contributed by atoms with van der Waals surface area (Å²) in [4.78, 5) is 36.9. The average molecular weight is 365 g/mol. The maximum Gasteiger partial charge on any atom is 0.324 e. The number of hydrogen-bond acceptors (Lipinski definition) is 3. The van der Waals surface area contributed by atoms with Gasteiger partial charge in [0.15, 0.2) is 0 Å². The second-order valence-corrected chi connectivity index (χ2v) is 6.63. The van der Waals surface area contributed by atoms with Gasteiger partial charge in [-0.1, -0.05) is 43.3 Å². The Morgan fingerprint density at radius 3 is 2.26 bits per heavy atom. The normalized spacial score (nSPS) is 14.8. The molecule has 0 aliphatic carbocycles. The molecule has 1 saturated heterocycles. The van der Waals surface area contributed by atoms with Crippen molar-refractivity contribution in [3.05, 3.63) is 70.8 Å². The van der Waals surface area contributed by atoms with Gasteiger partial charge < -0.3 is 10.6 Å². The minimum atomic E-state index is -0.385. The highest BCUT2D eigenvalue weighted by molar-refractivity contribution is 6.01. The highest BCUT2D eigenvalue weighted by atomic mass is 16.2. The molecular formula is C21H23N3O3. The summed E-state index contributed by atoms with van der Waals surface area (Å²) in [6.07, 6.45) is 0.984. The number of carbonyl (C=O) groups is 3. The molecule has 27 heavy (non-hydrogen) atoms. The number of aryl methyl sites for hydroxylation is 1. The molecule has 0 unspecified atom stereocenters. The van der Waals surface area contributed by atoms with Crippen LogP contribution in [0.4, 0.5) is 4.79 Å². The Labute approximate surface area is 158 Å². The van der Waals surface area contributed by atoms with Crippen LogP contribution >= 0.6 is 0 Å². The number of hydrogen-bond donors (Lipinski definition) is 2. The molecule has 2 aromatic carbocycles. The Morgan fingerprint density at radius 2 is 1.70 bits per heavy atom. The van der Waals surface area contributed by atoms with Crippen molar-refractivity contribution in [1.82, 2.24) is 15.5 Å². The van der Waals surface area contributed by atoms with E-state index in [0.717, 1.165) is 22.4 Å². The lowest BCUT2D eigenvalue weighted by molar-refractivity contribution is -0.125. The van der Waals surface area contributed by atoms with E-state index in [9.17, 15) is 14.4 Å². The summed E-state index contributed by atoms with van der Waals surface area (Å²) in [6, 6.07) is 14.6. The maximum atomic E-state index is 12.5. The molecule has 0 saturated carbocycles. The van der Waals surface area contributed by atoms with Gasteiger partial charge in [0.2, 0.25) is 5.91 Å². The van der Waals surface area contributed by atoms with E-state index in [2.05, 4.69) is 29.7 Å². The topological polar surface area (TPSA) is 78.5 Å². The van der Waals surface area contributed by atoms with Gasteiger partial charge in [0.1, 0.15) is 0 Å². The van der Waals surface area contributed by atoms with Crippen molar-refractivity contribution < 1.29 is 14.4 Å². The van der Waals surface area contributed by atoms with Crippen molar-refractivity contribution in [2.45, 2.75) is 32.9 Å². The first-order valence-corrected chi connectivity index (χ1v) is 9.04. The van der Waals surface area contributed by atoms with Gasteiger partial charge in [-0.2, -0.15) is 0 Å². The zero-order valence-corrected chi connectivity index (χ0v) is 15.5. The molecule has 0 spiro atoms. The fourth-order valence-corrected chi connectivity index (χ4v) is 2.96. The lowest BCUT2D eigenvalue weighted by Crippen LogP contribution is -2.30. The van der Waals surface area contributed by atoms with Crippen LogP contribution < -0.4 is 10.6 Å². The number of amides is 4. The van der Waals surface area contributed by atoms with Crippen LogP contribution in [-0.2, 0) is 17.8 Å². The Hall–Kier alpha value is -3.15. The van der Waals surface area contributed by atoms with Gasteiger partial charge in [-0.3, -0.25) is 14.5 Å². The fraction of sp³-hybridized carbons (Fsp3) is 0.286. The summed E-state index contributed by atoms with van der Waals surface area (Å²) in [5.74, 6) is -0.409. The summed E-state index contributed by atoms with van der Waals surface area (Å²) in [6.45, 7) is 4.30. The van der Waals surface area contributed by atoms with Crippen LogP contribution in [0.5, 0.6) is 0 Å².